The van der Waals surface area contributed by atoms with Crippen molar-refractivity contribution in [3.05, 3.63) is 38.3 Å². The Bertz CT molecular complexity index is 521. The third-order valence-corrected chi connectivity index (χ3v) is 4.89. The van der Waals surface area contributed by atoms with Gasteiger partial charge in [0.15, 0.2) is 0 Å². The maximum atomic E-state index is 5.69. The van der Waals surface area contributed by atoms with Crippen molar-refractivity contribution in [2.24, 2.45) is 12.9 Å². The average Bonchev–Trinajstić information content (AvgIpc) is 3.00. The lowest BCUT2D eigenvalue weighted by atomic mass is 10.0. The fourth-order valence-corrected chi connectivity index (χ4v) is 3.62. The van der Waals surface area contributed by atoms with Crippen molar-refractivity contribution in [1.29, 1.82) is 0 Å². The van der Waals surface area contributed by atoms with E-state index in [1.165, 1.54) is 11.3 Å². The van der Waals surface area contributed by atoms with Crippen LogP contribution in [-0.2, 0) is 26.3 Å². The summed E-state index contributed by atoms with van der Waals surface area (Å²) in [6, 6.07) is 2.36. The first-order valence-electron chi connectivity index (χ1n) is 6.33. The molecule has 0 spiro atoms. The number of thiophene rings is 1. The van der Waals surface area contributed by atoms with E-state index >= 15 is 0 Å². The SMILES string of the molecule is CCc1nn(C)c(CC(Cc2ccsc2)NN)c1Br. The molecule has 1 unspecified atom stereocenters. The Morgan fingerprint density at radius 1 is 1.53 bits per heavy atom. The fourth-order valence-electron chi connectivity index (χ4n) is 2.16. The van der Waals surface area contributed by atoms with Gasteiger partial charge < -0.3 is 0 Å². The van der Waals surface area contributed by atoms with Crippen molar-refractivity contribution in [3.63, 3.8) is 0 Å². The molecule has 4 nitrogen and oxygen atoms in total. The topological polar surface area (TPSA) is 55.9 Å². The molecular formula is C13H19BrN4S. The minimum Gasteiger partial charge on any atom is -0.271 e. The third kappa shape index (κ3) is 3.45. The van der Waals surface area contributed by atoms with Gasteiger partial charge in [0.1, 0.15) is 0 Å². The number of hydrogen-bond donors (Lipinski definition) is 2. The minimum absolute atomic E-state index is 0.214. The van der Waals surface area contributed by atoms with Crippen LogP contribution in [0.2, 0.25) is 0 Å². The predicted molar refractivity (Wildman–Crippen MR) is 83.1 cm³/mol. The van der Waals surface area contributed by atoms with Gasteiger partial charge in [-0.05, 0) is 51.2 Å². The molecular weight excluding hydrogens is 324 g/mol. The molecule has 2 rings (SSSR count). The molecule has 0 saturated carbocycles. The number of rotatable bonds is 6. The van der Waals surface area contributed by atoms with Crippen molar-refractivity contribution < 1.29 is 0 Å². The van der Waals surface area contributed by atoms with Crippen molar-refractivity contribution in [2.75, 3.05) is 0 Å². The van der Waals surface area contributed by atoms with Gasteiger partial charge in [0.05, 0.1) is 15.9 Å². The molecule has 6 heteroatoms. The van der Waals surface area contributed by atoms with E-state index in [0.717, 1.165) is 29.4 Å². The van der Waals surface area contributed by atoms with Crippen LogP contribution < -0.4 is 11.3 Å². The summed E-state index contributed by atoms with van der Waals surface area (Å²) in [7, 11) is 1.98. The Morgan fingerprint density at radius 2 is 2.32 bits per heavy atom. The Kier molecular flexibility index (Phi) is 5.15. The minimum atomic E-state index is 0.214. The van der Waals surface area contributed by atoms with Crippen LogP contribution >= 0.6 is 27.3 Å². The molecule has 0 amide bonds. The van der Waals surface area contributed by atoms with E-state index in [2.05, 4.69) is 50.2 Å². The Labute approximate surface area is 126 Å². The number of halogens is 1. The van der Waals surface area contributed by atoms with Gasteiger partial charge in [-0.2, -0.15) is 16.4 Å². The molecule has 0 saturated heterocycles. The standard InChI is InChI=1S/C13H19BrN4S/c1-3-11-13(14)12(18(2)17-11)7-10(16-15)6-9-4-5-19-8-9/h4-5,8,10,16H,3,6-7,15H2,1-2H3. The molecule has 0 fully saturated rings. The third-order valence-electron chi connectivity index (χ3n) is 3.24. The maximum Gasteiger partial charge on any atom is 0.0766 e. The van der Waals surface area contributed by atoms with Crippen LogP contribution in [0.1, 0.15) is 23.9 Å². The lowest BCUT2D eigenvalue weighted by Gasteiger charge is -2.15. The predicted octanol–water partition coefficient (Wildman–Crippen LogP) is 2.42. The van der Waals surface area contributed by atoms with Gasteiger partial charge in [-0.1, -0.05) is 6.92 Å². The highest BCUT2D eigenvalue weighted by Crippen LogP contribution is 2.23. The van der Waals surface area contributed by atoms with Gasteiger partial charge in [0, 0.05) is 19.5 Å². The summed E-state index contributed by atoms with van der Waals surface area (Å²) in [6.07, 6.45) is 2.72. The molecule has 104 valence electrons. The summed E-state index contributed by atoms with van der Waals surface area (Å²) in [5.41, 5.74) is 6.53. The average molecular weight is 343 g/mol. The molecule has 19 heavy (non-hydrogen) atoms. The first kappa shape index (κ1) is 14.7. The molecule has 2 heterocycles. The molecule has 0 aliphatic rings. The number of hydrogen-bond acceptors (Lipinski definition) is 4. The van der Waals surface area contributed by atoms with Crippen LogP contribution in [0.15, 0.2) is 21.3 Å². The van der Waals surface area contributed by atoms with E-state index in [4.69, 9.17) is 5.84 Å². The summed E-state index contributed by atoms with van der Waals surface area (Å²) in [4.78, 5) is 0. The first-order valence-corrected chi connectivity index (χ1v) is 8.06. The second-order valence-electron chi connectivity index (χ2n) is 4.59. The van der Waals surface area contributed by atoms with Gasteiger partial charge in [-0.15, -0.1) is 0 Å². The van der Waals surface area contributed by atoms with Crippen LogP contribution in [0.5, 0.6) is 0 Å². The van der Waals surface area contributed by atoms with Crippen molar-refractivity contribution in [3.8, 4) is 0 Å². The second-order valence-corrected chi connectivity index (χ2v) is 6.16. The van der Waals surface area contributed by atoms with Crippen LogP contribution in [0.3, 0.4) is 0 Å². The lowest BCUT2D eigenvalue weighted by molar-refractivity contribution is 0.505. The molecule has 0 bridgehead atoms. The normalized spacial score (nSPS) is 12.8. The molecule has 1 atom stereocenters. The lowest BCUT2D eigenvalue weighted by Crippen LogP contribution is -2.38. The summed E-state index contributed by atoms with van der Waals surface area (Å²) < 4.78 is 3.06. The maximum absolute atomic E-state index is 5.69. The molecule has 0 aliphatic carbocycles. The molecule has 3 N–H and O–H groups in total. The quantitative estimate of drug-likeness (QED) is 0.626. The zero-order valence-electron chi connectivity index (χ0n) is 11.2. The first-order chi connectivity index (χ1) is 9.15. The second kappa shape index (κ2) is 6.65. The number of nitrogens with zero attached hydrogens (tertiary/aromatic N) is 2. The molecule has 0 radical (unpaired) electrons. The van der Waals surface area contributed by atoms with Crippen LogP contribution in [0.4, 0.5) is 0 Å². The molecule has 2 aromatic heterocycles. The highest BCUT2D eigenvalue weighted by molar-refractivity contribution is 9.10. The van der Waals surface area contributed by atoms with E-state index < -0.39 is 0 Å². The Hall–Kier alpha value is -0.690. The Balaban J connectivity index is 2.12. The van der Waals surface area contributed by atoms with Crippen molar-refractivity contribution in [2.45, 2.75) is 32.2 Å². The summed E-state index contributed by atoms with van der Waals surface area (Å²) in [6.45, 7) is 2.11. The van der Waals surface area contributed by atoms with E-state index in [1.54, 1.807) is 11.3 Å². The van der Waals surface area contributed by atoms with Crippen LogP contribution in [0, 0.1) is 0 Å². The highest BCUT2D eigenvalue weighted by Gasteiger charge is 2.17. The number of nitrogens with two attached hydrogens (primary N) is 1. The summed E-state index contributed by atoms with van der Waals surface area (Å²) >= 11 is 5.37. The van der Waals surface area contributed by atoms with Gasteiger partial charge in [0.25, 0.3) is 0 Å². The number of aromatic nitrogens is 2. The van der Waals surface area contributed by atoms with E-state index in [0.29, 0.717) is 0 Å². The Morgan fingerprint density at radius 3 is 2.84 bits per heavy atom. The van der Waals surface area contributed by atoms with E-state index in [1.807, 2.05) is 11.7 Å². The van der Waals surface area contributed by atoms with Gasteiger partial charge in [-0.25, -0.2) is 0 Å². The van der Waals surface area contributed by atoms with E-state index in [-0.39, 0.29) is 6.04 Å². The number of aryl methyl sites for hydroxylation is 2. The van der Waals surface area contributed by atoms with Gasteiger partial charge in [0.2, 0.25) is 0 Å². The number of nitrogens with one attached hydrogen (secondary N) is 1. The monoisotopic (exact) mass is 342 g/mol. The van der Waals surface area contributed by atoms with Crippen LogP contribution in [-0.4, -0.2) is 15.8 Å². The molecule has 0 aromatic carbocycles. The smallest absolute Gasteiger partial charge is 0.0766 e. The largest absolute Gasteiger partial charge is 0.271 e. The molecule has 2 aromatic rings. The summed E-state index contributed by atoms with van der Waals surface area (Å²) in [5, 5.41) is 8.78. The van der Waals surface area contributed by atoms with Crippen LogP contribution in [0.25, 0.3) is 0 Å². The van der Waals surface area contributed by atoms with Gasteiger partial charge in [-0.3, -0.25) is 16.0 Å². The fraction of sp³-hybridized carbons (Fsp3) is 0.462. The zero-order valence-corrected chi connectivity index (χ0v) is 13.6. The molecule has 0 aliphatic heterocycles. The zero-order chi connectivity index (χ0) is 13.8. The van der Waals surface area contributed by atoms with Crippen molar-refractivity contribution in [1.82, 2.24) is 15.2 Å². The highest BCUT2D eigenvalue weighted by atomic mass is 79.9. The van der Waals surface area contributed by atoms with Crippen molar-refractivity contribution >= 4 is 27.3 Å². The van der Waals surface area contributed by atoms with Gasteiger partial charge >= 0.3 is 0 Å². The number of hydrazine groups is 1. The van der Waals surface area contributed by atoms with E-state index in [9.17, 15) is 0 Å². The summed E-state index contributed by atoms with van der Waals surface area (Å²) in [5.74, 6) is 5.69.